The number of benzene rings is 1. The molecular formula is C18H26O2. The van der Waals surface area contributed by atoms with Gasteiger partial charge in [0.05, 0.1) is 13.5 Å². The second kappa shape index (κ2) is 7.47. The molecule has 0 N–H and O–H groups in total. The van der Waals surface area contributed by atoms with E-state index >= 15 is 0 Å². The first kappa shape index (κ1) is 15.1. The van der Waals surface area contributed by atoms with Crippen LogP contribution in [0.15, 0.2) is 24.3 Å². The van der Waals surface area contributed by atoms with Crippen LogP contribution in [-0.2, 0) is 22.4 Å². The van der Waals surface area contributed by atoms with Gasteiger partial charge in [-0.15, -0.1) is 0 Å². The number of hydrogen-bond acceptors (Lipinski definition) is 2. The van der Waals surface area contributed by atoms with Gasteiger partial charge in [-0.25, -0.2) is 0 Å². The number of methoxy groups -OCH3 is 1. The molecule has 0 heterocycles. The van der Waals surface area contributed by atoms with E-state index in [1.807, 2.05) is 12.1 Å². The van der Waals surface area contributed by atoms with E-state index in [0.717, 1.165) is 23.8 Å². The Balaban J connectivity index is 1.71. The third kappa shape index (κ3) is 4.36. The fourth-order valence-electron chi connectivity index (χ4n) is 2.94. The van der Waals surface area contributed by atoms with Gasteiger partial charge in [-0.2, -0.15) is 0 Å². The number of rotatable bonds is 7. The maximum absolute atomic E-state index is 11.2. The number of carbonyl (C=O) groups is 1. The molecule has 0 bridgehead atoms. The predicted molar refractivity (Wildman–Crippen MR) is 81.6 cm³/mol. The lowest BCUT2D eigenvalue weighted by molar-refractivity contribution is -0.139. The smallest absolute Gasteiger partial charge is 0.309 e. The zero-order valence-corrected chi connectivity index (χ0v) is 12.7. The highest BCUT2D eigenvalue weighted by atomic mass is 16.5. The normalized spacial score (nSPS) is 16.5. The molecule has 0 spiro atoms. The van der Waals surface area contributed by atoms with Crippen LogP contribution in [0.1, 0.15) is 50.2 Å². The molecule has 1 atom stereocenters. The maximum Gasteiger partial charge on any atom is 0.309 e. The summed E-state index contributed by atoms with van der Waals surface area (Å²) in [5.74, 6) is 1.71. The van der Waals surface area contributed by atoms with E-state index in [9.17, 15) is 4.79 Å². The van der Waals surface area contributed by atoms with Crippen molar-refractivity contribution in [2.45, 2.75) is 51.9 Å². The number of carbonyl (C=O) groups excluding carboxylic acids is 1. The highest BCUT2D eigenvalue weighted by Crippen LogP contribution is 2.35. The van der Waals surface area contributed by atoms with Gasteiger partial charge in [0.2, 0.25) is 0 Å². The van der Waals surface area contributed by atoms with Gasteiger partial charge in [0.15, 0.2) is 0 Å². The highest BCUT2D eigenvalue weighted by molar-refractivity contribution is 5.72. The number of esters is 1. The van der Waals surface area contributed by atoms with Gasteiger partial charge in [-0.3, -0.25) is 4.79 Å². The SMILES string of the molecule is COC(=O)Cc1ccc(CCCC(C)C2CCC2)cc1. The summed E-state index contributed by atoms with van der Waals surface area (Å²) in [6.07, 6.45) is 8.47. The average molecular weight is 274 g/mol. The fraction of sp³-hybridized carbons (Fsp3) is 0.611. The van der Waals surface area contributed by atoms with E-state index in [1.54, 1.807) is 0 Å². The second-order valence-electron chi connectivity index (χ2n) is 6.13. The minimum absolute atomic E-state index is 0.174. The molecule has 2 heteroatoms. The summed E-state index contributed by atoms with van der Waals surface area (Å²) in [6.45, 7) is 2.41. The maximum atomic E-state index is 11.2. The van der Waals surface area contributed by atoms with Gasteiger partial charge in [-0.05, 0) is 35.8 Å². The number of aryl methyl sites for hydroxylation is 1. The lowest BCUT2D eigenvalue weighted by Crippen LogP contribution is -2.19. The Hall–Kier alpha value is -1.31. The van der Waals surface area contributed by atoms with Crippen molar-refractivity contribution in [3.05, 3.63) is 35.4 Å². The van der Waals surface area contributed by atoms with E-state index in [0.29, 0.717) is 6.42 Å². The van der Waals surface area contributed by atoms with E-state index < -0.39 is 0 Å². The topological polar surface area (TPSA) is 26.3 Å². The van der Waals surface area contributed by atoms with E-state index in [1.165, 1.54) is 44.8 Å². The van der Waals surface area contributed by atoms with Crippen LogP contribution in [-0.4, -0.2) is 13.1 Å². The molecule has 2 rings (SSSR count). The van der Waals surface area contributed by atoms with Crippen LogP contribution in [0.4, 0.5) is 0 Å². The van der Waals surface area contributed by atoms with E-state index in [2.05, 4.69) is 23.8 Å². The first-order valence-electron chi connectivity index (χ1n) is 7.83. The zero-order valence-electron chi connectivity index (χ0n) is 12.7. The Bertz CT molecular complexity index is 418. The van der Waals surface area contributed by atoms with E-state index in [4.69, 9.17) is 0 Å². The van der Waals surface area contributed by atoms with Crippen LogP contribution in [0.2, 0.25) is 0 Å². The lowest BCUT2D eigenvalue weighted by atomic mass is 9.75. The molecule has 0 amide bonds. The monoisotopic (exact) mass is 274 g/mol. The minimum Gasteiger partial charge on any atom is -0.469 e. The Labute approximate surface area is 122 Å². The molecule has 1 aliphatic carbocycles. The zero-order chi connectivity index (χ0) is 14.4. The van der Waals surface area contributed by atoms with Gasteiger partial charge >= 0.3 is 5.97 Å². The molecule has 1 fully saturated rings. The van der Waals surface area contributed by atoms with Crippen LogP contribution in [0, 0.1) is 11.8 Å². The summed E-state index contributed by atoms with van der Waals surface area (Å²) in [6, 6.07) is 8.38. The molecule has 1 aromatic carbocycles. The number of hydrogen-bond donors (Lipinski definition) is 0. The molecule has 1 saturated carbocycles. The van der Waals surface area contributed by atoms with Crippen LogP contribution >= 0.6 is 0 Å². The van der Waals surface area contributed by atoms with Crippen molar-refractivity contribution in [1.29, 1.82) is 0 Å². The third-order valence-corrected chi connectivity index (χ3v) is 4.68. The van der Waals surface area contributed by atoms with Crippen LogP contribution in [0.5, 0.6) is 0 Å². The van der Waals surface area contributed by atoms with Crippen molar-refractivity contribution in [2.75, 3.05) is 7.11 Å². The summed E-state index contributed by atoms with van der Waals surface area (Å²) in [7, 11) is 1.43. The molecular weight excluding hydrogens is 248 g/mol. The number of ether oxygens (including phenoxy) is 1. The Morgan fingerprint density at radius 2 is 1.90 bits per heavy atom. The van der Waals surface area contributed by atoms with Crippen molar-refractivity contribution >= 4 is 5.97 Å². The Morgan fingerprint density at radius 3 is 2.45 bits per heavy atom. The van der Waals surface area contributed by atoms with Crippen molar-refractivity contribution in [1.82, 2.24) is 0 Å². The summed E-state index contributed by atoms with van der Waals surface area (Å²) in [5, 5.41) is 0. The molecule has 0 saturated heterocycles. The third-order valence-electron chi connectivity index (χ3n) is 4.68. The van der Waals surface area contributed by atoms with E-state index in [-0.39, 0.29) is 5.97 Å². The van der Waals surface area contributed by atoms with Crippen molar-refractivity contribution in [3.8, 4) is 0 Å². The van der Waals surface area contributed by atoms with Crippen molar-refractivity contribution in [3.63, 3.8) is 0 Å². The van der Waals surface area contributed by atoms with Gasteiger partial charge in [0.1, 0.15) is 0 Å². The van der Waals surface area contributed by atoms with Gasteiger partial charge in [0, 0.05) is 0 Å². The first-order chi connectivity index (χ1) is 9.69. The minimum atomic E-state index is -0.174. The highest BCUT2D eigenvalue weighted by Gasteiger charge is 2.23. The van der Waals surface area contributed by atoms with Gasteiger partial charge in [0.25, 0.3) is 0 Å². The largest absolute Gasteiger partial charge is 0.469 e. The quantitative estimate of drug-likeness (QED) is 0.698. The molecule has 1 aromatic rings. The standard InChI is InChI=1S/C18H26O2/c1-14(17-7-4-8-17)5-3-6-15-9-11-16(12-10-15)13-18(19)20-2/h9-12,14,17H,3-8,13H2,1-2H3. The molecule has 2 nitrogen and oxygen atoms in total. The van der Waals surface area contributed by atoms with Crippen LogP contribution in [0.3, 0.4) is 0 Å². The summed E-state index contributed by atoms with van der Waals surface area (Å²) >= 11 is 0. The first-order valence-corrected chi connectivity index (χ1v) is 7.83. The fourth-order valence-corrected chi connectivity index (χ4v) is 2.94. The molecule has 0 radical (unpaired) electrons. The summed E-state index contributed by atoms with van der Waals surface area (Å²) in [5.41, 5.74) is 2.41. The van der Waals surface area contributed by atoms with Crippen molar-refractivity contribution < 1.29 is 9.53 Å². The molecule has 0 aromatic heterocycles. The lowest BCUT2D eigenvalue weighted by Gasteiger charge is -2.31. The molecule has 110 valence electrons. The molecule has 1 unspecified atom stereocenters. The Kier molecular flexibility index (Phi) is 5.63. The van der Waals surface area contributed by atoms with Gasteiger partial charge in [-0.1, -0.05) is 56.9 Å². The molecule has 1 aliphatic rings. The van der Waals surface area contributed by atoms with Crippen LogP contribution in [0.25, 0.3) is 0 Å². The van der Waals surface area contributed by atoms with Gasteiger partial charge < -0.3 is 4.74 Å². The predicted octanol–water partition coefficient (Wildman–Crippen LogP) is 4.16. The average Bonchev–Trinajstić information content (AvgIpc) is 2.38. The summed E-state index contributed by atoms with van der Waals surface area (Å²) < 4.78 is 4.68. The van der Waals surface area contributed by atoms with Crippen molar-refractivity contribution in [2.24, 2.45) is 11.8 Å². The summed E-state index contributed by atoms with van der Waals surface area (Å²) in [4.78, 5) is 11.2. The van der Waals surface area contributed by atoms with Crippen LogP contribution < -0.4 is 0 Å². The molecule has 0 aliphatic heterocycles. The Morgan fingerprint density at radius 1 is 1.25 bits per heavy atom. The second-order valence-corrected chi connectivity index (χ2v) is 6.13. The molecule has 20 heavy (non-hydrogen) atoms.